The molecule has 0 bridgehead atoms. The standard InChI is InChI=1S/C24H22F4N4O4S/c1-37(34,35)31-6-4-30(5-7-31)22-13-29-32(16-9-14(25)8-15(26)10-16)24(33)23(22)36-17-11-18-19(12-17)21(28)3-2-20(18)27/h2-3,8-10,13,17H,4-7,11-12H2,1H3. The molecule has 5 rings (SSSR count). The summed E-state index contributed by atoms with van der Waals surface area (Å²) in [4.78, 5) is 15.2. The van der Waals surface area contributed by atoms with E-state index in [-0.39, 0.29) is 67.3 Å². The number of rotatable bonds is 5. The van der Waals surface area contributed by atoms with E-state index >= 15 is 0 Å². The highest BCUT2D eigenvalue weighted by Gasteiger charge is 2.32. The van der Waals surface area contributed by atoms with Gasteiger partial charge in [-0.3, -0.25) is 4.79 Å². The molecule has 2 heterocycles. The molecule has 0 N–H and O–H groups in total. The summed E-state index contributed by atoms with van der Waals surface area (Å²) in [6.45, 7) is 0.748. The van der Waals surface area contributed by atoms with Crippen molar-refractivity contribution in [2.75, 3.05) is 37.3 Å². The average molecular weight is 539 g/mol. The van der Waals surface area contributed by atoms with Crippen molar-refractivity contribution in [3.8, 4) is 11.4 Å². The zero-order chi connectivity index (χ0) is 26.5. The highest BCUT2D eigenvalue weighted by molar-refractivity contribution is 7.88. The van der Waals surface area contributed by atoms with Gasteiger partial charge >= 0.3 is 5.56 Å². The maximum Gasteiger partial charge on any atom is 0.316 e. The van der Waals surface area contributed by atoms with Gasteiger partial charge in [-0.2, -0.15) is 14.1 Å². The molecule has 1 aliphatic carbocycles. The molecular weight excluding hydrogens is 516 g/mol. The number of hydrogen-bond acceptors (Lipinski definition) is 6. The summed E-state index contributed by atoms with van der Waals surface area (Å²) in [5, 5.41) is 4.07. The van der Waals surface area contributed by atoms with Crippen molar-refractivity contribution in [1.29, 1.82) is 0 Å². The Kier molecular flexibility index (Phi) is 6.44. The van der Waals surface area contributed by atoms with Crippen molar-refractivity contribution < 1.29 is 30.7 Å². The van der Waals surface area contributed by atoms with Crippen molar-refractivity contribution in [2.24, 2.45) is 0 Å². The molecule has 0 unspecified atom stereocenters. The molecule has 196 valence electrons. The Bertz CT molecular complexity index is 1490. The third kappa shape index (κ3) is 4.92. The normalized spacial score (nSPS) is 16.7. The van der Waals surface area contributed by atoms with Crippen LogP contribution in [0.1, 0.15) is 11.1 Å². The minimum absolute atomic E-state index is 0.0105. The molecule has 3 aromatic rings. The van der Waals surface area contributed by atoms with E-state index in [1.54, 1.807) is 4.90 Å². The summed E-state index contributed by atoms with van der Waals surface area (Å²) in [7, 11) is -3.41. The van der Waals surface area contributed by atoms with Gasteiger partial charge in [-0.15, -0.1) is 0 Å². The fraction of sp³-hybridized carbons (Fsp3) is 0.333. The molecule has 2 aliphatic rings. The number of nitrogens with zero attached hydrogens (tertiary/aromatic N) is 4. The number of ether oxygens (including phenoxy) is 1. The molecule has 0 spiro atoms. The summed E-state index contributed by atoms with van der Waals surface area (Å²) in [6, 6.07) is 4.58. The van der Waals surface area contributed by atoms with Crippen LogP contribution in [0, 0.1) is 23.3 Å². The lowest BCUT2D eigenvalue weighted by Gasteiger charge is -2.35. The zero-order valence-corrected chi connectivity index (χ0v) is 20.4. The van der Waals surface area contributed by atoms with Gasteiger partial charge in [0, 0.05) is 45.1 Å². The van der Waals surface area contributed by atoms with Crippen LogP contribution >= 0.6 is 0 Å². The quantitative estimate of drug-likeness (QED) is 0.464. The van der Waals surface area contributed by atoms with E-state index in [0.29, 0.717) is 6.07 Å². The van der Waals surface area contributed by atoms with Crippen LogP contribution in [0.4, 0.5) is 23.2 Å². The Morgan fingerprint density at radius 2 is 1.49 bits per heavy atom. The van der Waals surface area contributed by atoms with Gasteiger partial charge in [-0.1, -0.05) is 0 Å². The number of sulfonamides is 1. The molecule has 37 heavy (non-hydrogen) atoms. The maximum atomic E-state index is 14.3. The van der Waals surface area contributed by atoms with Gasteiger partial charge in [0.2, 0.25) is 15.8 Å². The fourth-order valence-corrected chi connectivity index (χ4v) is 5.55. The van der Waals surface area contributed by atoms with E-state index in [2.05, 4.69) is 5.10 Å². The highest BCUT2D eigenvalue weighted by Crippen LogP contribution is 2.33. The predicted octanol–water partition coefficient (Wildman–Crippen LogP) is 2.42. The second kappa shape index (κ2) is 9.45. The summed E-state index contributed by atoms with van der Waals surface area (Å²) < 4.78 is 88.2. The molecule has 1 fully saturated rings. The van der Waals surface area contributed by atoms with Crippen LogP contribution in [0.2, 0.25) is 0 Å². The van der Waals surface area contributed by atoms with Crippen LogP contribution in [0.3, 0.4) is 0 Å². The molecule has 0 radical (unpaired) electrons. The monoisotopic (exact) mass is 538 g/mol. The largest absolute Gasteiger partial charge is 0.482 e. The molecule has 0 saturated carbocycles. The molecule has 13 heteroatoms. The summed E-state index contributed by atoms with van der Waals surface area (Å²) in [5.74, 6) is -3.20. The lowest BCUT2D eigenvalue weighted by molar-refractivity contribution is 0.208. The van der Waals surface area contributed by atoms with Crippen molar-refractivity contribution >= 4 is 15.7 Å². The molecular formula is C24H22F4N4O4S. The molecule has 1 saturated heterocycles. The second-order valence-electron chi connectivity index (χ2n) is 8.99. The van der Waals surface area contributed by atoms with Crippen molar-refractivity contribution in [3.05, 3.63) is 81.3 Å². The molecule has 0 amide bonds. The van der Waals surface area contributed by atoms with Gasteiger partial charge in [-0.05, 0) is 35.4 Å². The van der Waals surface area contributed by atoms with E-state index < -0.39 is 45.0 Å². The minimum Gasteiger partial charge on any atom is -0.482 e. The molecule has 0 atom stereocenters. The average Bonchev–Trinajstić information content (AvgIpc) is 3.27. The fourth-order valence-electron chi connectivity index (χ4n) is 4.73. The molecule has 2 aromatic carbocycles. The summed E-state index contributed by atoms with van der Waals surface area (Å²) >= 11 is 0. The lowest BCUT2D eigenvalue weighted by Crippen LogP contribution is -2.49. The summed E-state index contributed by atoms with van der Waals surface area (Å²) in [6.07, 6.45) is 1.63. The van der Waals surface area contributed by atoms with E-state index in [0.717, 1.165) is 35.2 Å². The van der Waals surface area contributed by atoms with Crippen LogP contribution in [-0.2, 0) is 22.9 Å². The third-order valence-electron chi connectivity index (χ3n) is 6.52. The minimum atomic E-state index is -3.41. The lowest BCUT2D eigenvalue weighted by atomic mass is 10.1. The van der Waals surface area contributed by atoms with Gasteiger partial charge in [-0.25, -0.2) is 26.0 Å². The Morgan fingerprint density at radius 1 is 0.919 bits per heavy atom. The number of piperazine rings is 1. The van der Waals surface area contributed by atoms with Gasteiger partial charge in [0.15, 0.2) is 0 Å². The number of aromatic nitrogens is 2. The van der Waals surface area contributed by atoms with Crippen molar-refractivity contribution in [3.63, 3.8) is 0 Å². The SMILES string of the molecule is CS(=O)(=O)N1CCN(c2cnn(-c3cc(F)cc(F)c3)c(=O)c2OC2Cc3c(F)ccc(F)c3C2)CC1. The van der Waals surface area contributed by atoms with E-state index in [1.807, 2.05) is 0 Å². The topological polar surface area (TPSA) is 84.7 Å². The number of halogens is 4. The van der Waals surface area contributed by atoms with E-state index in [1.165, 1.54) is 10.5 Å². The van der Waals surface area contributed by atoms with Gasteiger partial charge < -0.3 is 9.64 Å². The zero-order valence-electron chi connectivity index (χ0n) is 19.6. The van der Waals surface area contributed by atoms with Gasteiger partial charge in [0.05, 0.1) is 18.1 Å². The van der Waals surface area contributed by atoms with Crippen LogP contribution in [0.25, 0.3) is 5.69 Å². The predicted molar refractivity (Wildman–Crippen MR) is 127 cm³/mol. The first kappa shape index (κ1) is 25.2. The number of anilines is 1. The second-order valence-corrected chi connectivity index (χ2v) is 11.0. The third-order valence-corrected chi connectivity index (χ3v) is 7.82. The summed E-state index contributed by atoms with van der Waals surface area (Å²) in [5.41, 5.74) is -0.439. The van der Waals surface area contributed by atoms with Crippen molar-refractivity contribution in [1.82, 2.24) is 14.1 Å². The maximum absolute atomic E-state index is 14.3. The number of hydrogen-bond donors (Lipinski definition) is 0. The molecule has 1 aromatic heterocycles. The Labute approximate surface area is 209 Å². The first-order valence-electron chi connectivity index (χ1n) is 11.4. The Balaban J connectivity index is 1.53. The van der Waals surface area contributed by atoms with Crippen LogP contribution < -0.4 is 15.2 Å². The molecule has 1 aliphatic heterocycles. The van der Waals surface area contributed by atoms with E-state index in [9.17, 15) is 30.8 Å². The Morgan fingerprint density at radius 3 is 2.03 bits per heavy atom. The van der Waals surface area contributed by atoms with E-state index in [4.69, 9.17) is 4.74 Å². The first-order chi connectivity index (χ1) is 17.5. The Hall–Kier alpha value is -3.45. The van der Waals surface area contributed by atoms with Crippen molar-refractivity contribution in [2.45, 2.75) is 18.9 Å². The van der Waals surface area contributed by atoms with Gasteiger partial charge in [0.25, 0.3) is 0 Å². The first-order valence-corrected chi connectivity index (χ1v) is 13.3. The highest BCUT2D eigenvalue weighted by atomic mass is 32.2. The number of benzene rings is 2. The van der Waals surface area contributed by atoms with Gasteiger partial charge in [0.1, 0.15) is 35.1 Å². The molecule has 8 nitrogen and oxygen atoms in total. The van der Waals surface area contributed by atoms with Crippen LogP contribution in [-0.4, -0.2) is 61.0 Å². The van der Waals surface area contributed by atoms with Crippen LogP contribution in [0.15, 0.2) is 41.3 Å². The smallest absolute Gasteiger partial charge is 0.316 e. The van der Waals surface area contributed by atoms with Crippen LogP contribution in [0.5, 0.6) is 5.75 Å². The number of fused-ring (bicyclic) bond motifs is 1.